The molecule has 1 saturated heterocycles. The maximum Gasteiger partial charge on any atom is 0.317 e. The quantitative estimate of drug-likeness (QED) is 0.901. The zero-order valence-electron chi connectivity index (χ0n) is 15.4. The van der Waals surface area contributed by atoms with Crippen molar-refractivity contribution in [2.75, 3.05) is 31.1 Å². The van der Waals surface area contributed by atoms with Crippen molar-refractivity contribution in [2.45, 2.75) is 45.1 Å². The second kappa shape index (κ2) is 7.48. The van der Waals surface area contributed by atoms with E-state index in [1.54, 1.807) is 0 Å². The van der Waals surface area contributed by atoms with Gasteiger partial charge in [-0.1, -0.05) is 31.4 Å². The van der Waals surface area contributed by atoms with Crippen LogP contribution in [-0.4, -0.2) is 53.1 Å². The third-order valence-corrected chi connectivity index (χ3v) is 5.52. The number of hydrogen-bond donors (Lipinski definition) is 1. The SMILES string of the molecule is Cc1nc2ccccc2nc1N1CCN(C(=O)NC2CCCCC2)CC1. The first-order chi connectivity index (χ1) is 12.7. The first-order valence-corrected chi connectivity index (χ1v) is 9.74. The van der Waals surface area contributed by atoms with E-state index in [0.29, 0.717) is 6.04 Å². The average Bonchev–Trinajstić information content (AvgIpc) is 2.68. The number of amides is 2. The van der Waals surface area contributed by atoms with Crippen LogP contribution in [0.4, 0.5) is 10.6 Å². The number of para-hydroxylation sites is 2. The molecule has 138 valence electrons. The Bertz CT molecular complexity index is 779. The largest absolute Gasteiger partial charge is 0.352 e. The predicted octanol–water partition coefficient (Wildman–Crippen LogP) is 3.10. The van der Waals surface area contributed by atoms with Crippen LogP contribution in [0, 0.1) is 6.92 Å². The first kappa shape index (κ1) is 17.1. The highest BCUT2D eigenvalue weighted by Crippen LogP contribution is 2.22. The number of urea groups is 1. The van der Waals surface area contributed by atoms with Gasteiger partial charge in [-0.25, -0.2) is 14.8 Å². The number of aryl methyl sites for hydroxylation is 1. The number of carbonyl (C=O) groups excluding carboxylic acids is 1. The monoisotopic (exact) mass is 353 g/mol. The van der Waals surface area contributed by atoms with Crippen LogP contribution in [0.3, 0.4) is 0 Å². The number of rotatable bonds is 2. The molecule has 1 N–H and O–H groups in total. The highest BCUT2D eigenvalue weighted by atomic mass is 16.2. The van der Waals surface area contributed by atoms with Gasteiger partial charge >= 0.3 is 6.03 Å². The van der Waals surface area contributed by atoms with E-state index in [9.17, 15) is 4.79 Å². The van der Waals surface area contributed by atoms with Crippen molar-refractivity contribution in [1.29, 1.82) is 0 Å². The molecule has 0 bridgehead atoms. The summed E-state index contributed by atoms with van der Waals surface area (Å²) in [7, 11) is 0. The normalized spacial score (nSPS) is 19.0. The number of hydrogen-bond acceptors (Lipinski definition) is 4. The van der Waals surface area contributed by atoms with E-state index < -0.39 is 0 Å². The topological polar surface area (TPSA) is 61.4 Å². The van der Waals surface area contributed by atoms with Gasteiger partial charge in [0, 0.05) is 32.2 Å². The van der Waals surface area contributed by atoms with E-state index in [1.807, 2.05) is 36.1 Å². The van der Waals surface area contributed by atoms with Crippen LogP contribution >= 0.6 is 0 Å². The number of nitrogens with zero attached hydrogens (tertiary/aromatic N) is 4. The second-order valence-corrected chi connectivity index (χ2v) is 7.38. The molecule has 2 amide bonds. The third kappa shape index (κ3) is 3.59. The van der Waals surface area contributed by atoms with E-state index in [-0.39, 0.29) is 6.03 Å². The third-order valence-electron chi connectivity index (χ3n) is 5.52. The molecule has 4 rings (SSSR count). The van der Waals surface area contributed by atoms with Crippen molar-refractivity contribution < 1.29 is 4.79 Å². The van der Waals surface area contributed by atoms with Crippen LogP contribution in [0.1, 0.15) is 37.8 Å². The molecule has 0 spiro atoms. The number of carbonyl (C=O) groups is 1. The van der Waals surface area contributed by atoms with Crippen molar-refractivity contribution in [2.24, 2.45) is 0 Å². The molecule has 1 saturated carbocycles. The summed E-state index contributed by atoms with van der Waals surface area (Å²) in [6, 6.07) is 8.43. The van der Waals surface area contributed by atoms with Gasteiger partial charge in [0.1, 0.15) is 0 Å². The lowest BCUT2D eigenvalue weighted by molar-refractivity contribution is 0.186. The Kier molecular flexibility index (Phi) is 4.91. The molecule has 0 radical (unpaired) electrons. The fraction of sp³-hybridized carbons (Fsp3) is 0.550. The molecule has 1 aliphatic carbocycles. The Labute approximate surface area is 154 Å². The van der Waals surface area contributed by atoms with Gasteiger partial charge < -0.3 is 15.1 Å². The number of piperazine rings is 1. The molecule has 1 aromatic carbocycles. The highest BCUT2D eigenvalue weighted by molar-refractivity contribution is 5.77. The fourth-order valence-electron chi connectivity index (χ4n) is 4.01. The van der Waals surface area contributed by atoms with E-state index in [4.69, 9.17) is 4.98 Å². The Balaban J connectivity index is 1.38. The summed E-state index contributed by atoms with van der Waals surface area (Å²) in [6.07, 6.45) is 6.02. The minimum Gasteiger partial charge on any atom is -0.352 e. The summed E-state index contributed by atoms with van der Waals surface area (Å²) in [5, 5.41) is 3.22. The van der Waals surface area contributed by atoms with Crippen LogP contribution in [-0.2, 0) is 0 Å². The maximum atomic E-state index is 12.5. The molecule has 2 aromatic rings. The maximum absolute atomic E-state index is 12.5. The molecule has 1 aliphatic heterocycles. The second-order valence-electron chi connectivity index (χ2n) is 7.38. The summed E-state index contributed by atoms with van der Waals surface area (Å²) in [5.41, 5.74) is 2.80. The Morgan fingerprint density at radius 1 is 1.00 bits per heavy atom. The Morgan fingerprint density at radius 2 is 1.65 bits per heavy atom. The van der Waals surface area contributed by atoms with Crippen molar-refractivity contribution in [3.8, 4) is 0 Å². The van der Waals surface area contributed by atoms with Gasteiger partial charge in [-0.15, -0.1) is 0 Å². The lowest BCUT2D eigenvalue weighted by Crippen LogP contribution is -2.54. The first-order valence-electron chi connectivity index (χ1n) is 9.74. The fourth-order valence-corrected chi connectivity index (χ4v) is 4.01. The van der Waals surface area contributed by atoms with Gasteiger partial charge in [0.15, 0.2) is 5.82 Å². The summed E-state index contributed by atoms with van der Waals surface area (Å²) in [6.45, 7) is 5.06. The van der Waals surface area contributed by atoms with Crippen LogP contribution in [0.5, 0.6) is 0 Å². The van der Waals surface area contributed by atoms with Crippen LogP contribution in [0.2, 0.25) is 0 Å². The smallest absolute Gasteiger partial charge is 0.317 e. The molecule has 0 unspecified atom stereocenters. The molecule has 2 heterocycles. The molecular formula is C20H27N5O. The van der Waals surface area contributed by atoms with Gasteiger partial charge in [-0.2, -0.15) is 0 Å². The number of anilines is 1. The van der Waals surface area contributed by atoms with Crippen molar-refractivity contribution in [3.63, 3.8) is 0 Å². The number of benzene rings is 1. The average molecular weight is 353 g/mol. The van der Waals surface area contributed by atoms with E-state index in [0.717, 1.165) is 61.6 Å². The van der Waals surface area contributed by atoms with Gasteiger partial charge in [0.05, 0.1) is 16.7 Å². The van der Waals surface area contributed by atoms with E-state index >= 15 is 0 Å². The number of nitrogens with one attached hydrogen (secondary N) is 1. The zero-order chi connectivity index (χ0) is 17.9. The summed E-state index contributed by atoms with van der Waals surface area (Å²) < 4.78 is 0. The van der Waals surface area contributed by atoms with Gasteiger partial charge in [0.25, 0.3) is 0 Å². The summed E-state index contributed by atoms with van der Waals surface area (Å²) in [4.78, 5) is 26.2. The zero-order valence-corrected chi connectivity index (χ0v) is 15.4. The lowest BCUT2D eigenvalue weighted by atomic mass is 9.96. The summed E-state index contributed by atoms with van der Waals surface area (Å²) >= 11 is 0. The molecule has 26 heavy (non-hydrogen) atoms. The Hall–Kier alpha value is -2.37. The molecule has 2 fully saturated rings. The minimum absolute atomic E-state index is 0.0952. The number of fused-ring (bicyclic) bond motifs is 1. The molecule has 0 atom stereocenters. The van der Waals surface area contributed by atoms with E-state index in [1.165, 1.54) is 19.3 Å². The van der Waals surface area contributed by atoms with Crippen LogP contribution < -0.4 is 10.2 Å². The van der Waals surface area contributed by atoms with Gasteiger partial charge in [-0.05, 0) is 31.9 Å². The van der Waals surface area contributed by atoms with E-state index in [2.05, 4.69) is 15.2 Å². The summed E-state index contributed by atoms with van der Waals surface area (Å²) in [5.74, 6) is 0.941. The van der Waals surface area contributed by atoms with Gasteiger partial charge in [-0.3, -0.25) is 0 Å². The predicted molar refractivity (Wildman–Crippen MR) is 103 cm³/mol. The van der Waals surface area contributed by atoms with Crippen molar-refractivity contribution >= 4 is 22.9 Å². The van der Waals surface area contributed by atoms with Crippen molar-refractivity contribution in [3.05, 3.63) is 30.0 Å². The molecule has 6 nitrogen and oxygen atoms in total. The molecular weight excluding hydrogens is 326 g/mol. The lowest BCUT2D eigenvalue weighted by Gasteiger charge is -2.37. The molecule has 6 heteroatoms. The standard InChI is InChI=1S/C20H27N5O/c1-15-19(23-18-10-6-5-9-17(18)21-15)24-11-13-25(14-12-24)20(26)22-16-7-3-2-4-8-16/h5-6,9-10,16H,2-4,7-8,11-14H2,1H3,(H,22,26). The molecule has 2 aliphatic rings. The van der Waals surface area contributed by atoms with Crippen LogP contribution in [0.25, 0.3) is 11.0 Å². The van der Waals surface area contributed by atoms with Gasteiger partial charge in [0.2, 0.25) is 0 Å². The number of aromatic nitrogens is 2. The van der Waals surface area contributed by atoms with Crippen LogP contribution in [0.15, 0.2) is 24.3 Å². The minimum atomic E-state index is 0.0952. The Morgan fingerprint density at radius 3 is 2.35 bits per heavy atom. The van der Waals surface area contributed by atoms with Crippen molar-refractivity contribution in [1.82, 2.24) is 20.2 Å². The highest BCUT2D eigenvalue weighted by Gasteiger charge is 2.25. The molecule has 1 aromatic heterocycles.